The molecular weight excluding hydrogens is 227 g/mol. The molecule has 0 bridgehead atoms. The van der Waals surface area contributed by atoms with Crippen molar-refractivity contribution in [1.29, 1.82) is 0 Å². The Morgan fingerprint density at radius 2 is 1.94 bits per heavy atom. The standard InChI is InChI=1S/C15H17FN2/c1-11-7-15(10-17-9-11)18-12(2)8-13-3-5-14(16)6-4-13/h3-7,9-10,12,18H,8H2,1-2H3. The quantitative estimate of drug-likeness (QED) is 0.889. The lowest BCUT2D eigenvalue weighted by Gasteiger charge is -2.15. The third kappa shape index (κ3) is 3.55. The van der Waals surface area contributed by atoms with Crippen molar-refractivity contribution in [3.63, 3.8) is 0 Å². The van der Waals surface area contributed by atoms with Gasteiger partial charge in [-0.3, -0.25) is 4.98 Å². The first-order chi connectivity index (χ1) is 8.63. The minimum Gasteiger partial charge on any atom is -0.381 e. The highest BCUT2D eigenvalue weighted by molar-refractivity contribution is 5.43. The summed E-state index contributed by atoms with van der Waals surface area (Å²) in [7, 11) is 0. The number of aromatic nitrogens is 1. The Morgan fingerprint density at radius 1 is 1.22 bits per heavy atom. The molecule has 0 aliphatic heterocycles. The Hall–Kier alpha value is -1.90. The van der Waals surface area contributed by atoms with Crippen LogP contribution in [0.4, 0.5) is 10.1 Å². The van der Waals surface area contributed by atoms with E-state index in [9.17, 15) is 4.39 Å². The van der Waals surface area contributed by atoms with E-state index in [0.717, 1.165) is 23.2 Å². The van der Waals surface area contributed by atoms with Crippen molar-refractivity contribution in [1.82, 2.24) is 4.98 Å². The normalized spacial score (nSPS) is 12.2. The number of hydrogen-bond acceptors (Lipinski definition) is 2. The fourth-order valence-corrected chi connectivity index (χ4v) is 1.94. The number of pyridine rings is 1. The lowest BCUT2D eigenvalue weighted by molar-refractivity contribution is 0.626. The van der Waals surface area contributed by atoms with Gasteiger partial charge in [-0.05, 0) is 49.6 Å². The summed E-state index contributed by atoms with van der Waals surface area (Å²) in [6.07, 6.45) is 4.50. The second-order valence-electron chi connectivity index (χ2n) is 4.63. The molecule has 0 aliphatic rings. The number of nitrogens with zero attached hydrogens (tertiary/aromatic N) is 1. The minimum absolute atomic E-state index is 0.192. The Kier molecular flexibility index (Phi) is 3.92. The van der Waals surface area contributed by atoms with E-state index < -0.39 is 0 Å². The van der Waals surface area contributed by atoms with Crippen molar-refractivity contribution in [3.8, 4) is 0 Å². The molecule has 1 N–H and O–H groups in total. The zero-order valence-corrected chi connectivity index (χ0v) is 10.7. The van der Waals surface area contributed by atoms with Crippen LogP contribution in [0.5, 0.6) is 0 Å². The molecule has 0 radical (unpaired) electrons. The van der Waals surface area contributed by atoms with E-state index in [4.69, 9.17) is 0 Å². The molecule has 1 atom stereocenters. The Balaban J connectivity index is 1.96. The topological polar surface area (TPSA) is 24.9 Å². The summed E-state index contributed by atoms with van der Waals surface area (Å²) in [5, 5.41) is 3.39. The molecule has 3 heteroatoms. The van der Waals surface area contributed by atoms with Crippen LogP contribution in [0.1, 0.15) is 18.1 Å². The van der Waals surface area contributed by atoms with E-state index in [1.165, 1.54) is 12.1 Å². The van der Waals surface area contributed by atoms with E-state index in [0.29, 0.717) is 0 Å². The third-order valence-electron chi connectivity index (χ3n) is 2.74. The van der Waals surface area contributed by atoms with Gasteiger partial charge in [-0.15, -0.1) is 0 Å². The highest BCUT2D eigenvalue weighted by atomic mass is 19.1. The molecule has 1 aromatic heterocycles. The highest BCUT2D eigenvalue weighted by Crippen LogP contribution is 2.12. The van der Waals surface area contributed by atoms with Gasteiger partial charge in [0.2, 0.25) is 0 Å². The summed E-state index contributed by atoms with van der Waals surface area (Å²) < 4.78 is 12.8. The second kappa shape index (κ2) is 5.63. The monoisotopic (exact) mass is 244 g/mol. The molecular formula is C15H17FN2. The van der Waals surface area contributed by atoms with Crippen molar-refractivity contribution in [2.75, 3.05) is 5.32 Å². The van der Waals surface area contributed by atoms with Gasteiger partial charge in [0.1, 0.15) is 5.82 Å². The van der Waals surface area contributed by atoms with Crippen molar-refractivity contribution in [2.45, 2.75) is 26.3 Å². The summed E-state index contributed by atoms with van der Waals surface area (Å²) >= 11 is 0. The van der Waals surface area contributed by atoms with E-state index in [1.807, 2.05) is 31.5 Å². The molecule has 0 fully saturated rings. The third-order valence-corrected chi connectivity index (χ3v) is 2.74. The van der Waals surface area contributed by atoms with Crippen LogP contribution in [0.3, 0.4) is 0 Å². The molecule has 2 rings (SSSR count). The van der Waals surface area contributed by atoms with Crippen molar-refractivity contribution in [2.24, 2.45) is 0 Å². The summed E-state index contributed by atoms with van der Waals surface area (Å²) in [5.74, 6) is -0.192. The molecule has 0 spiro atoms. The molecule has 1 heterocycles. The van der Waals surface area contributed by atoms with Crippen molar-refractivity contribution in [3.05, 3.63) is 59.7 Å². The first-order valence-corrected chi connectivity index (χ1v) is 6.06. The van der Waals surface area contributed by atoms with Crippen molar-refractivity contribution >= 4 is 5.69 Å². The molecule has 1 unspecified atom stereocenters. The Morgan fingerprint density at radius 3 is 2.61 bits per heavy atom. The van der Waals surface area contributed by atoms with Crippen LogP contribution in [0.2, 0.25) is 0 Å². The molecule has 94 valence electrons. The van der Waals surface area contributed by atoms with Crippen LogP contribution in [-0.2, 0) is 6.42 Å². The molecule has 18 heavy (non-hydrogen) atoms. The molecule has 0 aliphatic carbocycles. The van der Waals surface area contributed by atoms with Crippen molar-refractivity contribution < 1.29 is 4.39 Å². The summed E-state index contributed by atoms with van der Waals surface area (Å²) in [5.41, 5.74) is 3.27. The van der Waals surface area contributed by atoms with Gasteiger partial charge >= 0.3 is 0 Å². The van der Waals surface area contributed by atoms with E-state index in [1.54, 1.807) is 0 Å². The number of anilines is 1. The van der Waals surface area contributed by atoms with Gasteiger partial charge in [0, 0.05) is 18.4 Å². The zero-order chi connectivity index (χ0) is 13.0. The molecule has 0 saturated heterocycles. The smallest absolute Gasteiger partial charge is 0.123 e. The van der Waals surface area contributed by atoms with Crippen LogP contribution >= 0.6 is 0 Å². The molecule has 0 saturated carbocycles. The SMILES string of the molecule is Cc1cncc(NC(C)Cc2ccc(F)cc2)c1. The fraction of sp³-hybridized carbons (Fsp3) is 0.267. The maximum Gasteiger partial charge on any atom is 0.123 e. The van der Waals surface area contributed by atoms with Crippen LogP contribution in [-0.4, -0.2) is 11.0 Å². The second-order valence-corrected chi connectivity index (χ2v) is 4.63. The fourth-order valence-electron chi connectivity index (χ4n) is 1.94. The van der Waals surface area contributed by atoms with Crippen LogP contribution in [0.25, 0.3) is 0 Å². The number of benzene rings is 1. The molecule has 2 aromatic rings. The Bertz CT molecular complexity index is 508. The van der Waals surface area contributed by atoms with Gasteiger partial charge in [0.05, 0.1) is 5.69 Å². The predicted molar refractivity (Wildman–Crippen MR) is 72.2 cm³/mol. The molecule has 2 nitrogen and oxygen atoms in total. The highest BCUT2D eigenvalue weighted by Gasteiger charge is 2.04. The van der Waals surface area contributed by atoms with E-state index in [-0.39, 0.29) is 11.9 Å². The number of hydrogen-bond donors (Lipinski definition) is 1. The average Bonchev–Trinajstić information content (AvgIpc) is 2.32. The number of aryl methyl sites for hydroxylation is 1. The largest absolute Gasteiger partial charge is 0.381 e. The van der Waals surface area contributed by atoms with Crippen LogP contribution in [0.15, 0.2) is 42.7 Å². The lowest BCUT2D eigenvalue weighted by Crippen LogP contribution is -2.18. The number of nitrogens with one attached hydrogen (secondary N) is 1. The van der Waals surface area contributed by atoms with Gasteiger partial charge in [-0.1, -0.05) is 12.1 Å². The summed E-state index contributed by atoms with van der Waals surface area (Å²) in [6.45, 7) is 4.12. The van der Waals surface area contributed by atoms with Gasteiger partial charge in [0.15, 0.2) is 0 Å². The maximum atomic E-state index is 12.8. The molecule has 1 aromatic carbocycles. The predicted octanol–water partition coefficient (Wildman–Crippen LogP) is 3.57. The minimum atomic E-state index is -0.192. The van der Waals surface area contributed by atoms with Gasteiger partial charge in [-0.2, -0.15) is 0 Å². The molecule has 0 amide bonds. The van der Waals surface area contributed by atoms with E-state index in [2.05, 4.69) is 23.3 Å². The number of rotatable bonds is 4. The summed E-state index contributed by atoms with van der Waals surface area (Å²) in [4.78, 5) is 4.14. The first-order valence-electron chi connectivity index (χ1n) is 6.06. The van der Waals surface area contributed by atoms with Gasteiger partial charge < -0.3 is 5.32 Å². The van der Waals surface area contributed by atoms with Gasteiger partial charge in [0.25, 0.3) is 0 Å². The lowest BCUT2D eigenvalue weighted by atomic mass is 10.1. The van der Waals surface area contributed by atoms with Crippen LogP contribution in [0, 0.1) is 12.7 Å². The average molecular weight is 244 g/mol. The Labute approximate surface area is 107 Å². The maximum absolute atomic E-state index is 12.8. The number of halogens is 1. The van der Waals surface area contributed by atoms with E-state index >= 15 is 0 Å². The first kappa shape index (κ1) is 12.6. The van der Waals surface area contributed by atoms with Gasteiger partial charge in [-0.25, -0.2) is 4.39 Å². The van der Waals surface area contributed by atoms with Crippen LogP contribution < -0.4 is 5.32 Å². The zero-order valence-electron chi connectivity index (χ0n) is 10.7. The summed E-state index contributed by atoms with van der Waals surface area (Å²) in [6, 6.07) is 8.98.